The Balaban J connectivity index is 1.51. The number of cyclic esters (lactones) is 3. The molecule has 6 rings (SSSR count). The standard InChI is InChI=1S/C28H36O11/c1-7-35-18-8-12(22(33)36-18)20-25(4)11-13(29)19-26(5)14(24(2,3)38-17(32)10-15(26)30)9-16(31)27(19,6)28(25)21(39-28)23(34)37-20/h8,13-15,18-21,29-30H,7,9-11H2,1-6H3/t13-,14+,15-,18+,19-,20-,21+,25-,26+,27+,28+/m0/s1. The van der Waals surface area contributed by atoms with Crippen molar-refractivity contribution in [3.8, 4) is 0 Å². The number of aliphatic hydroxyl groups is 2. The highest BCUT2D eigenvalue weighted by atomic mass is 16.7. The van der Waals surface area contributed by atoms with Gasteiger partial charge in [-0.15, -0.1) is 0 Å². The van der Waals surface area contributed by atoms with Gasteiger partial charge in [0.25, 0.3) is 0 Å². The number of epoxide rings is 1. The van der Waals surface area contributed by atoms with E-state index in [1.54, 1.807) is 41.5 Å². The Labute approximate surface area is 226 Å². The monoisotopic (exact) mass is 548 g/mol. The van der Waals surface area contributed by atoms with Gasteiger partial charge in [-0.25, -0.2) is 9.59 Å². The summed E-state index contributed by atoms with van der Waals surface area (Å²) in [6.07, 6.45) is -4.46. The van der Waals surface area contributed by atoms with Crippen molar-refractivity contribution in [2.24, 2.45) is 28.1 Å². The summed E-state index contributed by atoms with van der Waals surface area (Å²) in [5, 5.41) is 23.5. The number of hydrogen-bond acceptors (Lipinski definition) is 11. The first-order chi connectivity index (χ1) is 18.1. The Hall–Kier alpha value is -2.34. The van der Waals surface area contributed by atoms with Gasteiger partial charge in [0.05, 0.1) is 29.6 Å². The molecule has 0 amide bonds. The van der Waals surface area contributed by atoms with E-state index in [4.69, 9.17) is 23.7 Å². The molecule has 4 heterocycles. The Morgan fingerprint density at radius 3 is 2.36 bits per heavy atom. The Kier molecular flexibility index (Phi) is 5.44. The average molecular weight is 549 g/mol. The lowest BCUT2D eigenvalue weighted by atomic mass is 9.36. The van der Waals surface area contributed by atoms with E-state index >= 15 is 0 Å². The van der Waals surface area contributed by atoms with Gasteiger partial charge < -0.3 is 33.9 Å². The van der Waals surface area contributed by atoms with Crippen molar-refractivity contribution in [1.82, 2.24) is 0 Å². The molecule has 0 aromatic rings. The van der Waals surface area contributed by atoms with Crippen molar-refractivity contribution in [2.75, 3.05) is 6.61 Å². The van der Waals surface area contributed by atoms with E-state index in [1.165, 1.54) is 6.08 Å². The highest BCUT2D eigenvalue weighted by molar-refractivity contribution is 5.96. The first kappa shape index (κ1) is 26.9. The first-order valence-electron chi connectivity index (χ1n) is 13.6. The molecule has 214 valence electrons. The maximum atomic E-state index is 14.4. The quantitative estimate of drug-likeness (QED) is 0.294. The van der Waals surface area contributed by atoms with E-state index in [1.807, 2.05) is 0 Å². The zero-order valence-electron chi connectivity index (χ0n) is 23.0. The molecule has 11 nitrogen and oxygen atoms in total. The lowest BCUT2D eigenvalue weighted by molar-refractivity contribution is -0.253. The smallest absolute Gasteiger partial charge is 0.340 e. The number of esters is 3. The predicted molar refractivity (Wildman–Crippen MR) is 129 cm³/mol. The highest BCUT2D eigenvalue weighted by Crippen LogP contribution is 2.77. The van der Waals surface area contributed by atoms with Gasteiger partial charge in [0.15, 0.2) is 6.10 Å². The number of hydrogen-bond donors (Lipinski definition) is 2. The molecule has 39 heavy (non-hydrogen) atoms. The van der Waals surface area contributed by atoms with Gasteiger partial charge in [-0.2, -0.15) is 0 Å². The summed E-state index contributed by atoms with van der Waals surface area (Å²) in [6.45, 7) is 10.7. The van der Waals surface area contributed by atoms with Crippen LogP contribution in [0.5, 0.6) is 0 Å². The molecule has 0 aromatic carbocycles. The molecule has 2 saturated carbocycles. The number of ketones is 1. The third-order valence-electron chi connectivity index (χ3n) is 11.0. The Morgan fingerprint density at radius 1 is 1.00 bits per heavy atom. The fourth-order valence-corrected chi connectivity index (χ4v) is 9.46. The summed E-state index contributed by atoms with van der Waals surface area (Å²) in [7, 11) is 0. The molecule has 0 aromatic heterocycles. The number of fused-ring (bicyclic) bond motifs is 3. The van der Waals surface area contributed by atoms with E-state index < -0.39 is 87.9 Å². The summed E-state index contributed by atoms with van der Waals surface area (Å²) in [4.78, 5) is 53.2. The lowest BCUT2D eigenvalue weighted by Crippen LogP contribution is -2.76. The Morgan fingerprint density at radius 2 is 1.69 bits per heavy atom. The minimum Gasteiger partial charge on any atom is -0.459 e. The van der Waals surface area contributed by atoms with Gasteiger partial charge in [-0.05, 0) is 40.2 Å². The van der Waals surface area contributed by atoms with Crippen LogP contribution in [0.15, 0.2) is 11.6 Å². The van der Waals surface area contributed by atoms with Crippen molar-refractivity contribution in [3.63, 3.8) is 0 Å². The molecular weight excluding hydrogens is 512 g/mol. The minimum atomic E-state index is -1.46. The minimum absolute atomic E-state index is 0.00314. The van der Waals surface area contributed by atoms with Gasteiger partial charge >= 0.3 is 17.9 Å². The summed E-state index contributed by atoms with van der Waals surface area (Å²) in [5.41, 5.74) is -6.23. The number of Topliss-reactive ketones (excluding diaryl/α,β-unsaturated/α-hetero) is 1. The topological polar surface area (TPSA) is 158 Å². The zero-order valence-corrected chi connectivity index (χ0v) is 23.0. The molecular formula is C28H36O11. The first-order valence-corrected chi connectivity index (χ1v) is 13.6. The van der Waals surface area contributed by atoms with Gasteiger partial charge in [0, 0.05) is 35.7 Å². The molecule has 11 heteroatoms. The fourth-order valence-electron chi connectivity index (χ4n) is 9.46. The van der Waals surface area contributed by atoms with Crippen LogP contribution in [-0.2, 0) is 42.9 Å². The van der Waals surface area contributed by atoms with Crippen LogP contribution >= 0.6 is 0 Å². The van der Waals surface area contributed by atoms with E-state index in [0.29, 0.717) is 0 Å². The number of rotatable bonds is 3. The molecule has 6 aliphatic rings. The molecule has 2 aliphatic carbocycles. The van der Waals surface area contributed by atoms with Crippen LogP contribution < -0.4 is 0 Å². The summed E-state index contributed by atoms with van der Waals surface area (Å²) in [6, 6.07) is 0. The van der Waals surface area contributed by atoms with Crippen molar-refractivity contribution in [3.05, 3.63) is 11.6 Å². The van der Waals surface area contributed by atoms with E-state index in [0.717, 1.165) is 0 Å². The SMILES string of the molecule is CCO[C@H]1C=C([C@@H]2OC(=O)[C@H]3O[C@@]34[C@@]2(C)C[C@H](O)[C@H]2[C@]3(C)[C@H](CC(=O)[C@]24C)C(C)(C)OC(=O)C[C@@H]3O)C(=O)O1. The maximum Gasteiger partial charge on any atom is 0.340 e. The van der Waals surface area contributed by atoms with Gasteiger partial charge in [-0.1, -0.05) is 13.8 Å². The third kappa shape index (κ3) is 3.02. The molecule has 0 radical (unpaired) electrons. The largest absolute Gasteiger partial charge is 0.459 e. The lowest BCUT2D eigenvalue weighted by Gasteiger charge is -2.67. The van der Waals surface area contributed by atoms with Crippen molar-refractivity contribution >= 4 is 23.7 Å². The molecule has 0 bridgehead atoms. The van der Waals surface area contributed by atoms with Crippen LogP contribution in [0.4, 0.5) is 0 Å². The van der Waals surface area contributed by atoms with Crippen LogP contribution in [0.2, 0.25) is 0 Å². The van der Waals surface area contributed by atoms with Crippen LogP contribution in [-0.4, -0.2) is 82.4 Å². The molecule has 0 unspecified atom stereocenters. The predicted octanol–water partition coefficient (Wildman–Crippen LogP) is 0.970. The molecule has 11 atom stereocenters. The molecule has 3 saturated heterocycles. The van der Waals surface area contributed by atoms with Gasteiger partial charge in [0.2, 0.25) is 6.29 Å². The summed E-state index contributed by atoms with van der Waals surface area (Å²) < 4.78 is 28.5. The molecule has 5 fully saturated rings. The molecule has 1 spiro atoms. The van der Waals surface area contributed by atoms with Gasteiger partial charge in [0.1, 0.15) is 23.1 Å². The maximum absolute atomic E-state index is 14.4. The number of aliphatic hydroxyl groups excluding tert-OH is 2. The number of carbonyl (C=O) groups is 4. The van der Waals surface area contributed by atoms with Crippen molar-refractivity contribution < 1.29 is 53.1 Å². The highest BCUT2D eigenvalue weighted by Gasteiger charge is 2.90. The summed E-state index contributed by atoms with van der Waals surface area (Å²) >= 11 is 0. The third-order valence-corrected chi connectivity index (χ3v) is 11.0. The zero-order chi connectivity index (χ0) is 28.5. The van der Waals surface area contributed by atoms with Crippen molar-refractivity contribution in [2.45, 2.75) is 103 Å². The van der Waals surface area contributed by atoms with Crippen LogP contribution in [0.1, 0.15) is 60.8 Å². The average Bonchev–Trinajstić information content (AvgIpc) is 3.52. The molecule has 4 aliphatic heterocycles. The van der Waals surface area contributed by atoms with Gasteiger partial charge in [-0.3, -0.25) is 9.59 Å². The van der Waals surface area contributed by atoms with E-state index in [-0.39, 0.29) is 37.2 Å². The number of ether oxygens (including phenoxy) is 5. The fraction of sp³-hybridized carbons (Fsp3) is 0.786. The normalized spacial score (nSPS) is 51.7. The van der Waals surface area contributed by atoms with Crippen LogP contribution in [0, 0.1) is 28.1 Å². The van der Waals surface area contributed by atoms with E-state index in [2.05, 4.69) is 0 Å². The van der Waals surface area contributed by atoms with Crippen molar-refractivity contribution in [1.29, 1.82) is 0 Å². The van der Waals surface area contributed by atoms with Crippen LogP contribution in [0.3, 0.4) is 0 Å². The second kappa shape index (κ2) is 7.90. The second-order valence-electron chi connectivity index (χ2n) is 13.1. The number of carbonyl (C=O) groups excluding carboxylic acids is 4. The van der Waals surface area contributed by atoms with E-state index in [9.17, 15) is 29.4 Å². The summed E-state index contributed by atoms with van der Waals surface area (Å²) in [5.74, 6) is -3.74. The van der Waals surface area contributed by atoms with Crippen LogP contribution in [0.25, 0.3) is 0 Å². The molecule has 2 N–H and O–H groups in total. The Bertz CT molecular complexity index is 1210. The second-order valence-corrected chi connectivity index (χ2v) is 13.1.